The fourth-order valence-corrected chi connectivity index (χ4v) is 2.32. The number of nitrogens with one attached hydrogen (secondary N) is 1. The Labute approximate surface area is 152 Å². The number of rotatable bonds is 5. The van der Waals surface area contributed by atoms with Gasteiger partial charge in [0.25, 0.3) is 0 Å². The Kier molecular flexibility index (Phi) is 5.15. The molecule has 2 heterocycles. The van der Waals surface area contributed by atoms with Crippen LogP contribution in [0.2, 0.25) is 5.15 Å². The van der Waals surface area contributed by atoms with Crippen LogP contribution in [-0.2, 0) is 0 Å². The van der Waals surface area contributed by atoms with E-state index in [1.165, 1.54) is 0 Å². The maximum absolute atomic E-state index is 12.5. The van der Waals surface area contributed by atoms with E-state index in [1.54, 1.807) is 48.8 Å². The summed E-state index contributed by atoms with van der Waals surface area (Å²) in [6.07, 6.45) is -1.34. The van der Waals surface area contributed by atoms with Crippen molar-refractivity contribution in [2.45, 2.75) is 12.2 Å². The molecule has 2 aromatic heterocycles. The van der Waals surface area contributed by atoms with Crippen LogP contribution < -0.4 is 15.8 Å². The third kappa shape index (κ3) is 4.33. The molecule has 0 saturated heterocycles. The van der Waals surface area contributed by atoms with Crippen LogP contribution in [-0.4, -0.2) is 28.8 Å². The van der Waals surface area contributed by atoms with Crippen LogP contribution in [0.1, 0.15) is 0 Å². The van der Waals surface area contributed by atoms with Gasteiger partial charge >= 0.3 is 6.18 Å². The van der Waals surface area contributed by atoms with E-state index in [2.05, 4.69) is 15.3 Å². The van der Waals surface area contributed by atoms with Gasteiger partial charge in [0.1, 0.15) is 29.4 Å². The van der Waals surface area contributed by atoms with Gasteiger partial charge in [-0.15, -0.1) is 0 Å². The minimum absolute atomic E-state index is 0.294. The topological polar surface area (TPSA) is 73.1 Å². The Bertz CT molecular complexity index is 903. The predicted molar refractivity (Wildman–Crippen MR) is 93.8 cm³/mol. The largest absolute Gasteiger partial charge is 0.492 e. The van der Waals surface area contributed by atoms with Gasteiger partial charge in [0.05, 0.1) is 11.9 Å². The molecule has 0 aliphatic heterocycles. The summed E-state index contributed by atoms with van der Waals surface area (Å²) in [5.74, 6) is 0.868. The number of nitrogens with two attached hydrogens (primary N) is 1. The summed E-state index contributed by atoms with van der Waals surface area (Å²) < 4.78 is 42.5. The first-order valence-electron chi connectivity index (χ1n) is 7.55. The van der Waals surface area contributed by atoms with E-state index < -0.39 is 18.8 Å². The highest BCUT2D eigenvalue weighted by molar-refractivity contribution is 6.29. The zero-order valence-corrected chi connectivity index (χ0v) is 14.1. The molecule has 3 aromatic rings. The van der Waals surface area contributed by atoms with Gasteiger partial charge in [-0.25, -0.2) is 9.97 Å². The second-order valence-electron chi connectivity index (χ2n) is 5.50. The lowest BCUT2D eigenvalue weighted by Crippen LogP contribution is -2.42. The van der Waals surface area contributed by atoms with E-state index in [4.69, 9.17) is 22.1 Å². The standard InChI is InChI=1S/C17H14ClF3N4O/c18-15-4-1-11(8-24-15)25-16-13-3-2-12(7-10(13)5-6-23-16)26-9-14(22)17(19,20)21/h1-8,14H,9,22H2,(H,23,25). The molecule has 9 heteroatoms. The molecule has 0 spiro atoms. The summed E-state index contributed by atoms with van der Waals surface area (Å²) >= 11 is 5.76. The molecule has 1 aromatic carbocycles. The number of hydrogen-bond donors (Lipinski definition) is 2. The molecule has 3 rings (SSSR count). The average molecular weight is 383 g/mol. The molecule has 0 saturated carbocycles. The number of halogens is 4. The Morgan fingerprint density at radius 3 is 2.65 bits per heavy atom. The van der Waals surface area contributed by atoms with Crippen LogP contribution in [0.15, 0.2) is 48.8 Å². The number of pyridine rings is 2. The van der Waals surface area contributed by atoms with Crippen molar-refractivity contribution in [1.29, 1.82) is 0 Å². The SMILES string of the molecule is NC(COc1ccc2c(Nc3ccc(Cl)nc3)nccc2c1)C(F)(F)F. The van der Waals surface area contributed by atoms with Crippen LogP contribution in [0.4, 0.5) is 24.7 Å². The minimum atomic E-state index is -4.50. The Balaban J connectivity index is 1.79. The lowest BCUT2D eigenvalue weighted by Gasteiger charge is -2.16. The molecule has 1 atom stereocenters. The van der Waals surface area contributed by atoms with E-state index in [0.29, 0.717) is 22.4 Å². The second-order valence-corrected chi connectivity index (χ2v) is 5.88. The molecule has 0 fully saturated rings. The highest BCUT2D eigenvalue weighted by Crippen LogP contribution is 2.28. The lowest BCUT2D eigenvalue weighted by molar-refractivity contribution is -0.153. The molecule has 0 bridgehead atoms. The number of fused-ring (bicyclic) bond motifs is 1. The summed E-state index contributed by atoms with van der Waals surface area (Å²) in [4.78, 5) is 8.26. The monoisotopic (exact) mass is 382 g/mol. The van der Waals surface area contributed by atoms with Gasteiger partial charge < -0.3 is 15.8 Å². The number of alkyl halides is 3. The van der Waals surface area contributed by atoms with E-state index in [0.717, 1.165) is 10.8 Å². The summed E-state index contributed by atoms with van der Waals surface area (Å²) in [6.45, 7) is -0.651. The average Bonchev–Trinajstić information content (AvgIpc) is 2.60. The summed E-state index contributed by atoms with van der Waals surface area (Å²) in [7, 11) is 0. The maximum Gasteiger partial charge on any atom is 0.406 e. The van der Waals surface area contributed by atoms with Crippen molar-refractivity contribution in [3.8, 4) is 5.75 Å². The second kappa shape index (κ2) is 7.35. The highest BCUT2D eigenvalue weighted by Gasteiger charge is 2.37. The molecule has 136 valence electrons. The normalized spacial score (nSPS) is 12.8. The molecule has 0 aliphatic carbocycles. The van der Waals surface area contributed by atoms with Gasteiger partial charge in [-0.1, -0.05) is 11.6 Å². The van der Waals surface area contributed by atoms with Gasteiger partial charge in [0.15, 0.2) is 0 Å². The quantitative estimate of drug-likeness (QED) is 0.644. The van der Waals surface area contributed by atoms with Crippen molar-refractivity contribution in [3.63, 3.8) is 0 Å². The maximum atomic E-state index is 12.5. The zero-order valence-electron chi connectivity index (χ0n) is 13.3. The molecular weight excluding hydrogens is 369 g/mol. The molecule has 0 radical (unpaired) electrons. The van der Waals surface area contributed by atoms with E-state index >= 15 is 0 Å². The van der Waals surface area contributed by atoms with E-state index in [-0.39, 0.29) is 0 Å². The van der Waals surface area contributed by atoms with Crippen LogP contribution in [0.3, 0.4) is 0 Å². The van der Waals surface area contributed by atoms with Crippen molar-refractivity contribution >= 4 is 33.9 Å². The molecular formula is C17H14ClF3N4O. The Morgan fingerprint density at radius 2 is 1.96 bits per heavy atom. The van der Waals surface area contributed by atoms with Crippen molar-refractivity contribution < 1.29 is 17.9 Å². The van der Waals surface area contributed by atoms with Crippen molar-refractivity contribution in [3.05, 3.63) is 53.9 Å². The van der Waals surface area contributed by atoms with E-state index in [1.807, 2.05) is 0 Å². The number of anilines is 2. The van der Waals surface area contributed by atoms with Crippen molar-refractivity contribution in [2.24, 2.45) is 5.73 Å². The molecule has 5 nitrogen and oxygen atoms in total. The van der Waals surface area contributed by atoms with Gasteiger partial charge in [-0.3, -0.25) is 0 Å². The number of ether oxygens (including phenoxy) is 1. The van der Waals surface area contributed by atoms with Crippen LogP contribution >= 0.6 is 11.6 Å². The third-order valence-electron chi connectivity index (χ3n) is 3.58. The first kappa shape index (κ1) is 18.2. The zero-order chi connectivity index (χ0) is 18.7. The number of benzene rings is 1. The molecule has 3 N–H and O–H groups in total. The van der Waals surface area contributed by atoms with Crippen molar-refractivity contribution in [1.82, 2.24) is 9.97 Å². The van der Waals surface area contributed by atoms with Gasteiger partial charge in [-0.05, 0) is 41.8 Å². The smallest absolute Gasteiger partial charge is 0.406 e. The van der Waals surface area contributed by atoms with Crippen LogP contribution in [0.25, 0.3) is 10.8 Å². The van der Waals surface area contributed by atoms with Crippen LogP contribution in [0, 0.1) is 0 Å². The Morgan fingerprint density at radius 1 is 1.15 bits per heavy atom. The summed E-state index contributed by atoms with van der Waals surface area (Å²) in [5.41, 5.74) is 5.75. The lowest BCUT2D eigenvalue weighted by atomic mass is 10.1. The predicted octanol–water partition coefficient (Wildman–Crippen LogP) is 4.30. The summed E-state index contributed by atoms with van der Waals surface area (Å²) in [5, 5.41) is 5.02. The molecule has 0 amide bonds. The van der Waals surface area contributed by atoms with Crippen molar-refractivity contribution in [2.75, 3.05) is 11.9 Å². The van der Waals surface area contributed by atoms with Crippen LogP contribution in [0.5, 0.6) is 5.75 Å². The number of nitrogens with zero attached hydrogens (tertiary/aromatic N) is 2. The third-order valence-corrected chi connectivity index (χ3v) is 3.80. The highest BCUT2D eigenvalue weighted by atomic mass is 35.5. The number of aromatic nitrogens is 2. The van der Waals surface area contributed by atoms with Gasteiger partial charge in [0, 0.05) is 11.6 Å². The molecule has 0 aliphatic rings. The first-order chi connectivity index (χ1) is 12.3. The van der Waals surface area contributed by atoms with Gasteiger partial charge in [-0.2, -0.15) is 13.2 Å². The molecule has 1 unspecified atom stereocenters. The minimum Gasteiger partial charge on any atom is -0.492 e. The fraction of sp³-hybridized carbons (Fsp3) is 0.176. The Hall–Kier alpha value is -2.58. The van der Waals surface area contributed by atoms with E-state index in [9.17, 15) is 13.2 Å². The first-order valence-corrected chi connectivity index (χ1v) is 7.93. The van der Waals surface area contributed by atoms with Gasteiger partial charge in [0.2, 0.25) is 0 Å². The number of hydrogen-bond acceptors (Lipinski definition) is 5. The molecule has 26 heavy (non-hydrogen) atoms. The summed E-state index contributed by atoms with van der Waals surface area (Å²) in [6, 6.07) is 8.01. The fourth-order valence-electron chi connectivity index (χ4n) is 2.21.